The van der Waals surface area contributed by atoms with Gasteiger partial charge >= 0.3 is 5.97 Å². The Labute approximate surface area is 66.3 Å². The lowest BCUT2D eigenvalue weighted by molar-refractivity contribution is -0.148. The van der Waals surface area contributed by atoms with Crippen LogP contribution in [0.25, 0.3) is 0 Å². The minimum absolute atomic E-state index is 0.0105. The minimum Gasteiger partial charge on any atom is -0.466 e. The van der Waals surface area contributed by atoms with Crippen molar-refractivity contribution in [2.75, 3.05) is 26.4 Å². The van der Waals surface area contributed by atoms with Crippen molar-refractivity contribution in [3.05, 3.63) is 0 Å². The highest BCUT2D eigenvalue weighted by atomic mass is 16.5. The Kier molecular flexibility index (Phi) is 3.32. The Morgan fingerprint density at radius 2 is 2.18 bits per heavy atom. The van der Waals surface area contributed by atoms with E-state index >= 15 is 0 Å². The summed E-state index contributed by atoms with van der Waals surface area (Å²) in [7, 11) is 0. The molecule has 0 bridgehead atoms. The molecule has 4 heteroatoms. The van der Waals surface area contributed by atoms with Crippen molar-refractivity contribution in [1.82, 2.24) is 10.6 Å². The van der Waals surface area contributed by atoms with Crippen molar-refractivity contribution in [2.24, 2.45) is 5.92 Å². The summed E-state index contributed by atoms with van der Waals surface area (Å²) in [6.07, 6.45) is 0. The molecule has 64 valence electrons. The van der Waals surface area contributed by atoms with Crippen molar-refractivity contribution < 1.29 is 9.53 Å². The second kappa shape index (κ2) is 4.31. The van der Waals surface area contributed by atoms with E-state index in [9.17, 15) is 4.79 Å². The van der Waals surface area contributed by atoms with Crippen LogP contribution in [0.4, 0.5) is 0 Å². The second-order valence-electron chi connectivity index (χ2n) is 2.53. The van der Waals surface area contributed by atoms with Crippen LogP contribution in [-0.4, -0.2) is 32.3 Å². The number of ether oxygens (including phenoxy) is 1. The van der Waals surface area contributed by atoms with Crippen LogP contribution in [-0.2, 0) is 9.53 Å². The maximum atomic E-state index is 11.1. The number of carbonyl (C=O) groups excluding carboxylic acids is 1. The first-order valence-electron chi connectivity index (χ1n) is 3.92. The third-order valence-corrected chi connectivity index (χ3v) is 1.65. The maximum Gasteiger partial charge on any atom is 0.311 e. The molecule has 0 atom stereocenters. The smallest absolute Gasteiger partial charge is 0.311 e. The van der Waals surface area contributed by atoms with Crippen molar-refractivity contribution in [3.63, 3.8) is 0 Å². The molecule has 0 radical (unpaired) electrons. The topological polar surface area (TPSA) is 50.4 Å². The van der Waals surface area contributed by atoms with Gasteiger partial charge in [0.15, 0.2) is 0 Å². The van der Waals surface area contributed by atoms with E-state index < -0.39 is 0 Å². The van der Waals surface area contributed by atoms with Crippen LogP contribution in [0.3, 0.4) is 0 Å². The summed E-state index contributed by atoms with van der Waals surface area (Å²) >= 11 is 0. The first-order valence-corrected chi connectivity index (χ1v) is 3.92. The van der Waals surface area contributed by atoms with E-state index in [1.165, 1.54) is 0 Å². The third kappa shape index (κ3) is 2.48. The number of hydrogen-bond acceptors (Lipinski definition) is 4. The van der Waals surface area contributed by atoms with Gasteiger partial charge in [0.1, 0.15) is 0 Å². The summed E-state index contributed by atoms with van der Waals surface area (Å²) in [5.41, 5.74) is 0. The van der Waals surface area contributed by atoms with Gasteiger partial charge in [-0.05, 0) is 6.92 Å². The number of rotatable bonds is 2. The standard InChI is InChI=1S/C7H14N2O2/c1-2-11-7(10)6-3-8-5-9-4-6/h6,8-9H,2-5H2,1H3. The second-order valence-corrected chi connectivity index (χ2v) is 2.53. The molecule has 0 aliphatic carbocycles. The van der Waals surface area contributed by atoms with E-state index in [4.69, 9.17) is 4.74 Å². The summed E-state index contributed by atoms with van der Waals surface area (Å²) in [4.78, 5) is 11.1. The van der Waals surface area contributed by atoms with E-state index in [1.54, 1.807) is 0 Å². The van der Waals surface area contributed by atoms with Gasteiger partial charge in [0.25, 0.3) is 0 Å². The van der Waals surface area contributed by atoms with Gasteiger partial charge < -0.3 is 15.4 Å². The monoisotopic (exact) mass is 158 g/mol. The summed E-state index contributed by atoms with van der Waals surface area (Å²) in [5.74, 6) is -0.115. The number of hydrogen-bond donors (Lipinski definition) is 2. The SMILES string of the molecule is CCOC(=O)C1CNCNC1. The van der Waals surface area contributed by atoms with Gasteiger partial charge in [0.05, 0.1) is 12.5 Å². The molecule has 1 saturated heterocycles. The molecule has 0 aromatic rings. The lowest BCUT2D eigenvalue weighted by Gasteiger charge is -2.21. The summed E-state index contributed by atoms with van der Waals surface area (Å²) in [5, 5.41) is 6.12. The molecule has 0 spiro atoms. The Morgan fingerprint density at radius 1 is 1.55 bits per heavy atom. The molecule has 0 aromatic carbocycles. The van der Waals surface area contributed by atoms with E-state index in [0.29, 0.717) is 6.61 Å². The molecule has 1 heterocycles. The van der Waals surface area contributed by atoms with Crippen LogP contribution in [0.15, 0.2) is 0 Å². The van der Waals surface area contributed by atoms with Crippen LogP contribution < -0.4 is 10.6 Å². The van der Waals surface area contributed by atoms with Gasteiger partial charge in [-0.2, -0.15) is 0 Å². The molecule has 1 aliphatic heterocycles. The fourth-order valence-electron chi connectivity index (χ4n) is 1.08. The lowest BCUT2D eigenvalue weighted by atomic mass is 10.1. The zero-order valence-corrected chi connectivity index (χ0v) is 6.72. The van der Waals surface area contributed by atoms with Crippen molar-refractivity contribution in [3.8, 4) is 0 Å². The number of carbonyl (C=O) groups is 1. The van der Waals surface area contributed by atoms with Crippen molar-refractivity contribution >= 4 is 5.97 Å². The summed E-state index contributed by atoms with van der Waals surface area (Å²) in [6, 6.07) is 0. The highest BCUT2D eigenvalue weighted by Gasteiger charge is 2.21. The Balaban J connectivity index is 2.27. The van der Waals surface area contributed by atoms with Crippen molar-refractivity contribution in [2.45, 2.75) is 6.92 Å². The van der Waals surface area contributed by atoms with Crippen LogP contribution in [0.1, 0.15) is 6.92 Å². The van der Waals surface area contributed by atoms with Crippen molar-refractivity contribution in [1.29, 1.82) is 0 Å². The molecule has 1 fully saturated rings. The van der Waals surface area contributed by atoms with E-state index in [0.717, 1.165) is 19.8 Å². The highest BCUT2D eigenvalue weighted by molar-refractivity contribution is 5.73. The van der Waals surface area contributed by atoms with Gasteiger partial charge in [-0.1, -0.05) is 0 Å². The molecule has 11 heavy (non-hydrogen) atoms. The Hall–Kier alpha value is -0.610. The molecule has 1 rings (SSSR count). The number of nitrogens with one attached hydrogen (secondary N) is 2. The fraction of sp³-hybridized carbons (Fsp3) is 0.857. The van der Waals surface area contributed by atoms with Gasteiger partial charge in [0, 0.05) is 19.8 Å². The first kappa shape index (κ1) is 8.49. The lowest BCUT2D eigenvalue weighted by Crippen LogP contribution is -2.47. The van der Waals surface area contributed by atoms with E-state index in [1.807, 2.05) is 6.92 Å². The zero-order chi connectivity index (χ0) is 8.10. The molecular weight excluding hydrogens is 144 g/mol. The van der Waals surface area contributed by atoms with Gasteiger partial charge in [-0.15, -0.1) is 0 Å². The molecule has 0 saturated carbocycles. The van der Waals surface area contributed by atoms with Gasteiger partial charge in [-0.3, -0.25) is 4.79 Å². The molecule has 4 nitrogen and oxygen atoms in total. The van der Waals surface area contributed by atoms with Crippen LogP contribution in [0.5, 0.6) is 0 Å². The average Bonchev–Trinajstić information content (AvgIpc) is 2.07. The summed E-state index contributed by atoms with van der Waals surface area (Å²) in [6.45, 7) is 4.53. The fourth-order valence-corrected chi connectivity index (χ4v) is 1.08. The maximum absolute atomic E-state index is 11.1. The van der Waals surface area contributed by atoms with Crippen LogP contribution >= 0.6 is 0 Å². The third-order valence-electron chi connectivity index (χ3n) is 1.65. The van der Waals surface area contributed by atoms with Gasteiger partial charge in [-0.25, -0.2) is 0 Å². The average molecular weight is 158 g/mol. The highest BCUT2D eigenvalue weighted by Crippen LogP contribution is 1.99. The van der Waals surface area contributed by atoms with Gasteiger partial charge in [0.2, 0.25) is 0 Å². The molecule has 1 aliphatic rings. The Morgan fingerprint density at radius 3 is 2.73 bits per heavy atom. The number of esters is 1. The molecule has 0 unspecified atom stereocenters. The summed E-state index contributed by atoms with van der Waals surface area (Å²) < 4.78 is 4.86. The zero-order valence-electron chi connectivity index (χ0n) is 6.72. The predicted molar refractivity (Wildman–Crippen MR) is 41.0 cm³/mol. The van der Waals surface area contributed by atoms with Crippen LogP contribution in [0.2, 0.25) is 0 Å². The largest absolute Gasteiger partial charge is 0.466 e. The van der Waals surface area contributed by atoms with Crippen LogP contribution in [0, 0.1) is 5.92 Å². The van der Waals surface area contributed by atoms with E-state index in [2.05, 4.69) is 10.6 Å². The first-order chi connectivity index (χ1) is 5.34. The molecule has 0 aromatic heterocycles. The van der Waals surface area contributed by atoms with E-state index in [-0.39, 0.29) is 11.9 Å². The quantitative estimate of drug-likeness (QED) is 0.523. The predicted octanol–water partition coefficient (Wildman–Crippen LogP) is -0.684. The minimum atomic E-state index is -0.104. The molecule has 2 N–H and O–H groups in total. The Bertz CT molecular complexity index is 132. The normalized spacial score (nSPS) is 19.7. The molecule has 0 amide bonds. The molecular formula is C7H14N2O2.